The van der Waals surface area contributed by atoms with Crippen LogP contribution in [0.4, 0.5) is 0 Å². The summed E-state index contributed by atoms with van der Waals surface area (Å²) >= 11 is 0. The molecule has 1 fully saturated rings. The minimum atomic E-state index is -0.0775. The Bertz CT molecular complexity index is 347. The summed E-state index contributed by atoms with van der Waals surface area (Å²) in [6, 6.07) is 3.45. The van der Waals surface area contributed by atoms with E-state index in [1.165, 1.54) is 0 Å². The Hall–Kier alpha value is -1.26. The zero-order chi connectivity index (χ0) is 11.4. The first-order chi connectivity index (χ1) is 7.79. The lowest BCUT2D eigenvalue weighted by Crippen LogP contribution is -2.45. The zero-order valence-corrected chi connectivity index (χ0v) is 9.43. The van der Waals surface area contributed by atoms with Gasteiger partial charge in [-0.05, 0) is 19.1 Å². The van der Waals surface area contributed by atoms with Crippen molar-refractivity contribution in [3.8, 4) is 0 Å². The molecular formula is C12H16N2O2. The molecule has 0 bridgehead atoms. The van der Waals surface area contributed by atoms with Crippen molar-refractivity contribution in [3.63, 3.8) is 0 Å². The van der Waals surface area contributed by atoms with Gasteiger partial charge in [0, 0.05) is 31.0 Å². The van der Waals surface area contributed by atoms with E-state index in [-0.39, 0.29) is 11.8 Å². The van der Waals surface area contributed by atoms with Crippen LogP contribution in [0.1, 0.15) is 17.3 Å². The van der Waals surface area contributed by atoms with Crippen molar-refractivity contribution in [1.29, 1.82) is 0 Å². The summed E-state index contributed by atoms with van der Waals surface area (Å²) in [6.07, 6.45) is 3.30. The van der Waals surface area contributed by atoms with E-state index in [1.807, 2.05) is 6.92 Å². The number of pyridine rings is 1. The standard InChI is InChI=1S/C12H16N2O2/c1-10(14-6-8-16-9-7-14)12(15)11-2-4-13-5-3-11/h2-5,10H,6-9H2,1H3/t10-/m1/s1. The number of ketones is 1. The molecule has 1 atom stereocenters. The van der Waals surface area contributed by atoms with Crippen molar-refractivity contribution in [2.45, 2.75) is 13.0 Å². The van der Waals surface area contributed by atoms with Crippen LogP contribution in [0.15, 0.2) is 24.5 Å². The van der Waals surface area contributed by atoms with Gasteiger partial charge >= 0.3 is 0 Å². The van der Waals surface area contributed by atoms with Crippen LogP contribution >= 0.6 is 0 Å². The van der Waals surface area contributed by atoms with Crippen LogP contribution in [0.2, 0.25) is 0 Å². The van der Waals surface area contributed by atoms with Crippen LogP contribution in [0.3, 0.4) is 0 Å². The Kier molecular flexibility index (Phi) is 3.64. The molecule has 4 heteroatoms. The maximum Gasteiger partial charge on any atom is 0.179 e. The molecule has 16 heavy (non-hydrogen) atoms. The van der Waals surface area contributed by atoms with Crippen LogP contribution in [0.25, 0.3) is 0 Å². The highest BCUT2D eigenvalue weighted by atomic mass is 16.5. The van der Waals surface area contributed by atoms with Crippen LogP contribution in [-0.4, -0.2) is 48.0 Å². The SMILES string of the molecule is C[C@H](C(=O)c1ccncc1)N1CCOCC1. The average Bonchev–Trinajstić information content (AvgIpc) is 2.39. The van der Waals surface area contributed by atoms with E-state index in [2.05, 4.69) is 9.88 Å². The largest absolute Gasteiger partial charge is 0.379 e. The van der Waals surface area contributed by atoms with Gasteiger partial charge in [-0.25, -0.2) is 0 Å². The van der Waals surface area contributed by atoms with Crippen molar-refractivity contribution in [1.82, 2.24) is 9.88 Å². The summed E-state index contributed by atoms with van der Waals surface area (Å²) in [6.45, 7) is 5.05. The first-order valence-corrected chi connectivity index (χ1v) is 5.55. The third-order valence-corrected chi connectivity index (χ3v) is 2.94. The molecule has 2 heterocycles. The number of Topliss-reactive ketones (excluding diaryl/α,β-unsaturated/α-hetero) is 1. The van der Waals surface area contributed by atoms with E-state index in [0.717, 1.165) is 18.7 Å². The van der Waals surface area contributed by atoms with Gasteiger partial charge in [-0.3, -0.25) is 14.7 Å². The third kappa shape index (κ3) is 2.46. The van der Waals surface area contributed by atoms with Gasteiger partial charge in [0.2, 0.25) is 0 Å². The molecule has 0 amide bonds. The molecule has 1 saturated heterocycles. The van der Waals surface area contributed by atoms with E-state index in [9.17, 15) is 4.79 Å². The minimum absolute atomic E-state index is 0.0775. The second kappa shape index (κ2) is 5.18. The number of morpholine rings is 1. The van der Waals surface area contributed by atoms with E-state index in [4.69, 9.17) is 4.74 Å². The molecule has 4 nitrogen and oxygen atoms in total. The summed E-state index contributed by atoms with van der Waals surface area (Å²) in [5.74, 6) is 0.157. The van der Waals surface area contributed by atoms with Gasteiger partial charge in [0.05, 0.1) is 19.3 Å². The fraction of sp³-hybridized carbons (Fsp3) is 0.500. The number of ether oxygens (including phenoxy) is 1. The molecule has 0 unspecified atom stereocenters. The first-order valence-electron chi connectivity index (χ1n) is 5.55. The highest BCUT2D eigenvalue weighted by Gasteiger charge is 2.23. The van der Waals surface area contributed by atoms with Gasteiger partial charge in [-0.1, -0.05) is 0 Å². The number of hydrogen-bond donors (Lipinski definition) is 0. The Balaban J connectivity index is 2.04. The Morgan fingerprint density at radius 2 is 2.00 bits per heavy atom. The maximum atomic E-state index is 12.1. The molecule has 0 N–H and O–H groups in total. The minimum Gasteiger partial charge on any atom is -0.379 e. The summed E-state index contributed by atoms with van der Waals surface area (Å²) in [4.78, 5) is 18.2. The second-order valence-electron chi connectivity index (χ2n) is 3.92. The normalized spacial score (nSPS) is 19.3. The predicted molar refractivity (Wildman–Crippen MR) is 60.4 cm³/mol. The molecular weight excluding hydrogens is 204 g/mol. The van der Waals surface area contributed by atoms with Gasteiger partial charge in [-0.2, -0.15) is 0 Å². The van der Waals surface area contributed by atoms with E-state index in [0.29, 0.717) is 13.2 Å². The van der Waals surface area contributed by atoms with Crippen LogP contribution in [0, 0.1) is 0 Å². The van der Waals surface area contributed by atoms with Gasteiger partial charge in [0.15, 0.2) is 5.78 Å². The summed E-state index contributed by atoms with van der Waals surface area (Å²) < 4.78 is 5.27. The molecule has 0 saturated carbocycles. The van der Waals surface area contributed by atoms with Crippen molar-refractivity contribution >= 4 is 5.78 Å². The Labute approximate surface area is 95.2 Å². The van der Waals surface area contributed by atoms with E-state index >= 15 is 0 Å². The molecule has 0 spiro atoms. The van der Waals surface area contributed by atoms with Gasteiger partial charge in [0.1, 0.15) is 0 Å². The number of carbonyl (C=O) groups is 1. The lowest BCUT2D eigenvalue weighted by molar-refractivity contribution is 0.0208. The molecule has 2 rings (SSSR count). The average molecular weight is 220 g/mol. The summed E-state index contributed by atoms with van der Waals surface area (Å²) in [5.41, 5.74) is 0.731. The molecule has 86 valence electrons. The number of rotatable bonds is 3. The smallest absolute Gasteiger partial charge is 0.179 e. The van der Waals surface area contributed by atoms with E-state index in [1.54, 1.807) is 24.5 Å². The molecule has 0 aliphatic carbocycles. The predicted octanol–water partition coefficient (Wildman–Crippen LogP) is 0.985. The van der Waals surface area contributed by atoms with Crippen molar-refractivity contribution < 1.29 is 9.53 Å². The van der Waals surface area contributed by atoms with Crippen LogP contribution < -0.4 is 0 Å². The van der Waals surface area contributed by atoms with Gasteiger partial charge in [-0.15, -0.1) is 0 Å². The molecule has 1 aromatic rings. The van der Waals surface area contributed by atoms with Crippen molar-refractivity contribution in [3.05, 3.63) is 30.1 Å². The number of hydrogen-bond acceptors (Lipinski definition) is 4. The highest BCUT2D eigenvalue weighted by molar-refractivity contribution is 5.99. The van der Waals surface area contributed by atoms with Crippen LogP contribution in [-0.2, 0) is 4.74 Å². The highest BCUT2D eigenvalue weighted by Crippen LogP contribution is 2.10. The first kappa shape index (κ1) is 11.2. The summed E-state index contributed by atoms with van der Waals surface area (Å²) in [5, 5.41) is 0. The fourth-order valence-electron chi connectivity index (χ4n) is 1.89. The second-order valence-corrected chi connectivity index (χ2v) is 3.92. The zero-order valence-electron chi connectivity index (χ0n) is 9.43. The molecule has 1 aliphatic heterocycles. The molecule has 1 aromatic heterocycles. The third-order valence-electron chi connectivity index (χ3n) is 2.94. The number of aromatic nitrogens is 1. The number of carbonyl (C=O) groups excluding carboxylic acids is 1. The lowest BCUT2D eigenvalue weighted by Gasteiger charge is -2.31. The van der Waals surface area contributed by atoms with E-state index < -0.39 is 0 Å². The number of nitrogens with zero attached hydrogens (tertiary/aromatic N) is 2. The fourth-order valence-corrected chi connectivity index (χ4v) is 1.89. The Morgan fingerprint density at radius 1 is 1.38 bits per heavy atom. The van der Waals surface area contributed by atoms with Crippen molar-refractivity contribution in [2.24, 2.45) is 0 Å². The Morgan fingerprint density at radius 3 is 2.62 bits per heavy atom. The van der Waals surface area contributed by atoms with Crippen molar-refractivity contribution in [2.75, 3.05) is 26.3 Å². The molecule has 0 radical (unpaired) electrons. The van der Waals surface area contributed by atoms with Gasteiger partial charge in [0.25, 0.3) is 0 Å². The quantitative estimate of drug-likeness (QED) is 0.712. The van der Waals surface area contributed by atoms with Gasteiger partial charge < -0.3 is 4.74 Å². The molecule has 0 aromatic carbocycles. The topological polar surface area (TPSA) is 42.4 Å². The summed E-state index contributed by atoms with van der Waals surface area (Å²) in [7, 11) is 0. The molecule has 1 aliphatic rings. The lowest BCUT2D eigenvalue weighted by atomic mass is 10.1. The van der Waals surface area contributed by atoms with Crippen LogP contribution in [0.5, 0.6) is 0 Å². The maximum absolute atomic E-state index is 12.1. The monoisotopic (exact) mass is 220 g/mol.